The van der Waals surface area contributed by atoms with Crippen molar-refractivity contribution in [3.8, 4) is 5.75 Å². The molecule has 2 saturated heterocycles. The van der Waals surface area contributed by atoms with Crippen LogP contribution in [-0.2, 0) is 44.8 Å². The van der Waals surface area contributed by atoms with Crippen molar-refractivity contribution in [3.05, 3.63) is 114 Å². The second-order valence-corrected chi connectivity index (χ2v) is 12.3. The first kappa shape index (κ1) is 32.9. The molecule has 14 heteroatoms. The minimum Gasteiger partial charge on any atom is -0.508 e. The molecule has 3 aromatic rings. The number of phosphoric ester groups is 1. The van der Waals surface area contributed by atoms with Crippen LogP contribution in [0.25, 0.3) is 0 Å². The fourth-order valence-electron chi connectivity index (χ4n) is 5.67. The minimum atomic E-state index is -4.63. The van der Waals surface area contributed by atoms with Crippen molar-refractivity contribution in [3.63, 3.8) is 0 Å². The topological polar surface area (TPSA) is 163 Å². The standard InChI is InChI=1S/C32H36N5O8P/c1-2-16-35-21-30(39)36-28(17-23-12-14-27(38)15-13-23)31(40)34(19-25-8-10-26(11-9-25)22-45-46(42,43)44)20-29(36)37(35)32(41)33-18-24-6-4-3-5-7-24/h2-15,28-29,38H,1,16-22H2,(H,33,41)(H2,42,43,44). The maximum absolute atomic E-state index is 14.1. The van der Waals surface area contributed by atoms with Gasteiger partial charge in [-0.2, -0.15) is 0 Å². The van der Waals surface area contributed by atoms with Crippen molar-refractivity contribution < 1.29 is 38.4 Å². The number of piperazine rings is 1. The van der Waals surface area contributed by atoms with E-state index in [1.165, 1.54) is 22.0 Å². The number of phosphoric acid groups is 1. The predicted molar refractivity (Wildman–Crippen MR) is 167 cm³/mol. The smallest absolute Gasteiger partial charge is 0.469 e. The number of amides is 4. The summed E-state index contributed by atoms with van der Waals surface area (Å²) in [6, 6.07) is 21.3. The number of benzene rings is 3. The Hall–Kier alpha value is -4.52. The number of nitrogens with zero attached hydrogens (tertiary/aromatic N) is 4. The van der Waals surface area contributed by atoms with Crippen LogP contribution in [0.5, 0.6) is 5.75 Å². The Labute approximate surface area is 266 Å². The normalized spacial score (nSPS) is 18.8. The molecule has 46 heavy (non-hydrogen) atoms. The van der Waals surface area contributed by atoms with Gasteiger partial charge in [-0.15, -0.1) is 6.58 Å². The zero-order valence-electron chi connectivity index (χ0n) is 25.0. The number of aromatic hydroxyl groups is 1. The second-order valence-electron chi connectivity index (χ2n) is 11.1. The zero-order valence-corrected chi connectivity index (χ0v) is 25.9. The number of urea groups is 1. The lowest BCUT2D eigenvalue weighted by Gasteiger charge is -2.55. The molecule has 2 heterocycles. The van der Waals surface area contributed by atoms with Crippen molar-refractivity contribution in [2.75, 3.05) is 19.6 Å². The average molecular weight is 650 g/mol. The first-order valence-electron chi connectivity index (χ1n) is 14.6. The van der Waals surface area contributed by atoms with E-state index in [0.717, 1.165) is 16.7 Å². The molecule has 0 bridgehead atoms. The number of nitrogens with one attached hydrogen (secondary N) is 1. The summed E-state index contributed by atoms with van der Waals surface area (Å²) in [6.07, 6.45) is 0.947. The van der Waals surface area contributed by atoms with Crippen molar-refractivity contribution in [1.29, 1.82) is 0 Å². The largest absolute Gasteiger partial charge is 0.508 e. The molecule has 3 aromatic carbocycles. The summed E-state index contributed by atoms with van der Waals surface area (Å²) >= 11 is 0. The Bertz CT molecular complexity index is 1600. The van der Waals surface area contributed by atoms with Gasteiger partial charge in [-0.05, 0) is 34.4 Å². The van der Waals surface area contributed by atoms with Crippen molar-refractivity contribution in [1.82, 2.24) is 25.1 Å². The van der Waals surface area contributed by atoms with E-state index in [0.29, 0.717) is 5.56 Å². The van der Waals surface area contributed by atoms with Crippen LogP contribution in [-0.4, -0.2) is 84.4 Å². The number of carbonyl (C=O) groups excluding carboxylic acids is 3. The van der Waals surface area contributed by atoms with E-state index in [1.807, 2.05) is 30.3 Å². The number of phenols is 1. The predicted octanol–water partition coefficient (Wildman–Crippen LogP) is 2.74. The van der Waals surface area contributed by atoms with Gasteiger partial charge < -0.3 is 30.0 Å². The molecule has 242 valence electrons. The maximum atomic E-state index is 14.1. The number of phenolic OH excluding ortho intramolecular Hbond substituents is 1. The summed E-state index contributed by atoms with van der Waals surface area (Å²) in [7, 11) is -4.63. The van der Waals surface area contributed by atoms with Crippen molar-refractivity contribution in [2.45, 2.75) is 38.3 Å². The van der Waals surface area contributed by atoms with Crippen LogP contribution in [0.15, 0.2) is 91.5 Å². The van der Waals surface area contributed by atoms with Crippen LogP contribution in [0.2, 0.25) is 0 Å². The molecule has 0 aromatic heterocycles. The SMILES string of the molecule is C=CCN1CC(=O)N2C(Cc3ccc(O)cc3)C(=O)N(Cc3ccc(COP(=O)(O)O)cc3)CC2N1C(=O)NCc1ccccc1. The highest BCUT2D eigenvalue weighted by Gasteiger charge is 2.51. The molecular formula is C32H36N5O8P. The first-order valence-corrected chi connectivity index (χ1v) is 16.2. The van der Waals surface area contributed by atoms with Gasteiger partial charge in [-0.3, -0.25) is 14.1 Å². The number of hydrazine groups is 1. The Morgan fingerprint density at radius 1 is 0.957 bits per heavy atom. The Morgan fingerprint density at radius 2 is 1.61 bits per heavy atom. The molecule has 13 nitrogen and oxygen atoms in total. The van der Waals surface area contributed by atoms with E-state index >= 15 is 0 Å². The van der Waals surface area contributed by atoms with Gasteiger partial charge in [0.25, 0.3) is 0 Å². The van der Waals surface area contributed by atoms with Crippen LogP contribution in [0.4, 0.5) is 4.79 Å². The van der Waals surface area contributed by atoms with Gasteiger partial charge in [0.2, 0.25) is 11.8 Å². The van der Waals surface area contributed by atoms with Gasteiger partial charge in [0.1, 0.15) is 18.0 Å². The molecule has 2 unspecified atom stereocenters. The summed E-state index contributed by atoms with van der Waals surface area (Å²) in [6.45, 7) is 4.07. The van der Waals surface area contributed by atoms with Crippen LogP contribution in [0.3, 0.4) is 0 Å². The van der Waals surface area contributed by atoms with Crippen LogP contribution < -0.4 is 5.32 Å². The molecule has 2 aliphatic heterocycles. The van der Waals surface area contributed by atoms with Gasteiger partial charge in [-0.25, -0.2) is 19.4 Å². The van der Waals surface area contributed by atoms with Gasteiger partial charge in [0, 0.05) is 26.1 Å². The van der Waals surface area contributed by atoms with Crippen molar-refractivity contribution >= 4 is 25.7 Å². The van der Waals surface area contributed by atoms with E-state index in [2.05, 4.69) is 16.4 Å². The van der Waals surface area contributed by atoms with E-state index in [4.69, 9.17) is 9.79 Å². The van der Waals surface area contributed by atoms with E-state index < -0.39 is 26.1 Å². The molecule has 5 rings (SSSR count). The molecule has 2 aliphatic rings. The average Bonchev–Trinajstić information content (AvgIpc) is 3.03. The van der Waals surface area contributed by atoms with Crippen LogP contribution >= 0.6 is 7.82 Å². The quantitative estimate of drug-likeness (QED) is 0.181. The summed E-state index contributed by atoms with van der Waals surface area (Å²) in [4.78, 5) is 62.8. The molecule has 2 fully saturated rings. The number of hydrogen-bond acceptors (Lipinski definition) is 7. The molecule has 4 N–H and O–H groups in total. The van der Waals surface area contributed by atoms with Gasteiger partial charge in [0.15, 0.2) is 0 Å². The Balaban J connectivity index is 1.45. The Kier molecular flexibility index (Phi) is 10.2. The molecule has 0 saturated carbocycles. The van der Waals surface area contributed by atoms with Gasteiger partial charge >= 0.3 is 13.9 Å². The third-order valence-electron chi connectivity index (χ3n) is 7.83. The van der Waals surface area contributed by atoms with Crippen molar-refractivity contribution in [2.24, 2.45) is 0 Å². The highest BCUT2D eigenvalue weighted by Crippen LogP contribution is 2.37. The molecule has 0 spiro atoms. The van der Waals surface area contributed by atoms with E-state index in [-0.39, 0.29) is 63.3 Å². The second kappa shape index (κ2) is 14.3. The highest BCUT2D eigenvalue weighted by atomic mass is 31.2. The maximum Gasteiger partial charge on any atom is 0.469 e. The summed E-state index contributed by atoms with van der Waals surface area (Å²) in [5.74, 6) is -0.526. The number of hydrogen-bond donors (Lipinski definition) is 4. The summed E-state index contributed by atoms with van der Waals surface area (Å²) in [5.41, 5.74) is 2.90. The molecule has 0 radical (unpaired) electrons. The number of rotatable bonds is 11. The fourth-order valence-corrected chi connectivity index (χ4v) is 5.99. The fraction of sp³-hybridized carbons (Fsp3) is 0.281. The lowest BCUT2D eigenvalue weighted by molar-refractivity contribution is -0.189. The third-order valence-corrected chi connectivity index (χ3v) is 8.29. The first-order chi connectivity index (χ1) is 22.0. The monoisotopic (exact) mass is 649 g/mol. The minimum absolute atomic E-state index is 0.0338. The lowest BCUT2D eigenvalue weighted by atomic mass is 9.98. The van der Waals surface area contributed by atoms with E-state index in [9.17, 15) is 24.1 Å². The molecule has 0 aliphatic carbocycles. The number of fused-ring (bicyclic) bond motifs is 1. The molecule has 4 amide bonds. The highest BCUT2D eigenvalue weighted by molar-refractivity contribution is 7.46. The van der Waals surface area contributed by atoms with Gasteiger partial charge in [-0.1, -0.05) is 72.8 Å². The van der Waals surface area contributed by atoms with E-state index in [1.54, 1.807) is 52.4 Å². The summed E-state index contributed by atoms with van der Waals surface area (Å²) < 4.78 is 15.7. The number of carbonyl (C=O) groups is 3. The molecule has 2 atom stereocenters. The lowest BCUT2D eigenvalue weighted by Crippen LogP contribution is -2.76. The van der Waals surface area contributed by atoms with Crippen LogP contribution in [0, 0.1) is 0 Å². The third kappa shape index (κ3) is 8.00. The Morgan fingerprint density at radius 3 is 2.26 bits per heavy atom. The zero-order chi connectivity index (χ0) is 32.8. The van der Waals surface area contributed by atoms with Crippen LogP contribution in [0.1, 0.15) is 22.3 Å². The summed E-state index contributed by atoms with van der Waals surface area (Å²) in [5, 5.41) is 15.9. The van der Waals surface area contributed by atoms with Gasteiger partial charge in [0.05, 0.1) is 19.7 Å². The molecular weight excluding hydrogens is 613 g/mol.